The number of carbonyl (C=O) groups is 2. The maximum atomic E-state index is 13.1. The minimum Gasteiger partial charge on any atom is -0.494 e. The number of aryl methyl sites for hydroxylation is 1. The number of benzene rings is 2. The third kappa shape index (κ3) is 5.91. The van der Waals surface area contributed by atoms with Crippen molar-refractivity contribution in [3.05, 3.63) is 69.9 Å². The summed E-state index contributed by atoms with van der Waals surface area (Å²) < 4.78 is 39.1. The van der Waals surface area contributed by atoms with Gasteiger partial charge >= 0.3 is 5.97 Å². The molecule has 0 aliphatic rings. The van der Waals surface area contributed by atoms with Crippen LogP contribution in [0.1, 0.15) is 39.4 Å². The molecule has 0 spiro atoms. The van der Waals surface area contributed by atoms with Crippen molar-refractivity contribution in [3.8, 4) is 5.75 Å². The Morgan fingerprint density at radius 3 is 2.39 bits per heavy atom. The number of sulfonamides is 1. The molecule has 0 atom stereocenters. The highest BCUT2D eigenvalue weighted by Crippen LogP contribution is 2.30. The molecule has 174 valence electrons. The van der Waals surface area contributed by atoms with Crippen LogP contribution in [0, 0.1) is 6.92 Å². The topological polar surface area (TPSA) is 111 Å². The molecule has 0 bridgehead atoms. The summed E-state index contributed by atoms with van der Waals surface area (Å²) in [6.45, 7) is 5.91. The molecule has 0 fully saturated rings. The van der Waals surface area contributed by atoms with Gasteiger partial charge in [-0.3, -0.25) is 9.52 Å². The molecule has 0 unspecified atom stereocenters. The molecular weight excluding hydrogens is 464 g/mol. The van der Waals surface area contributed by atoms with Crippen molar-refractivity contribution in [2.45, 2.75) is 25.7 Å². The average molecular weight is 489 g/mol. The van der Waals surface area contributed by atoms with Crippen LogP contribution in [0.25, 0.3) is 0 Å². The number of anilines is 2. The molecule has 0 aliphatic carbocycles. The number of carbonyl (C=O) groups excluding carboxylic acids is 2. The van der Waals surface area contributed by atoms with Crippen molar-refractivity contribution in [3.63, 3.8) is 0 Å². The van der Waals surface area contributed by atoms with Crippen molar-refractivity contribution >= 4 is 44.6 Å². The molecule has 0 saturated carbocycles. The van der Waals surface area contributed by atoms with Gasteiger partial charge < -0.3 is 14.8 Å². The van der Waals surface area contributed by atoms with Gasteiger partial charge in [-0.25, -0.2) is 13.2 Å². The lowest BCUT2D eigenvalue weighted by Crippen LogP contribution is -2.19. The molecule has 10 heteroatoms. The molecule has 0 aliphatic heterocycles. The Morgan fingerprint density at radius 1 is 1.00 bits per heavy atom. The molecular formula is C23H24N2O6S2. The van der Waals surface area contributed by atoms with E-state index in [0.717, 1.165) is 11.3 Å². The molecule has 1 aromatic heterocycles. The van der Waals surface area contributed by atoms with E-state index in [1.807, 2.05) is 6.92 Å². The summed E-state index contributed by atoms with van der Waals surface area (Å²) in [5.41, 5.74) is 1.42. The van der Waals surface area contributed by atoms with Crippen LogP contribution in [0.15, 0.2) is 58.8 Å². The number of hydrogen-bond donors (Lipinski definition) is 2. The lowest BCUT2D eigenvalue weighted by atomic mass is 10.2. The van der Waals surface area contributed by atoms with E-state index in [1.165, 1.54) is 6.07 Å². The summed E-state index contributed by atoms with van der Waals surface area (Å²) >= 11 is 1.03. The predicted octanol–water partition coefficient (Wildman–Crippen LogP) is 4.69. The summed E-state index contributed by atoms with van der Waals surface area (Å²) in [7, 11) is -4.04. The lowest BCUT2D eigenvalue weighted by molar-refractivity contribution is 0.0526. The van der Waals surface area contributed by atoms with Crippen LogP contribution in [0.3, 0.4) is 0 Å². The SMILES string of the molecule is CCOC(=O)c1cccc(NC(=O)c2scc(C)c2S(=O)(=O)Nc2ccc(OCC)cc2)c1. The maximum absolute atomic E-state index is 13.1. The highest BCUT2D eigenvalue weighted by Gasteiger charge is 2.27. The van der Waals surface area contributed by atoms with Crippen LogP contribution in [0.4, 0.5) is 11.4 Å². The monoisotopic (exact) mass is 488 g/mol. The zero-order chi connectivity index (χ0) is 24.0. The molecule has 0 saturated heterocycles. The normalized spacial score (nSPS) is 11.0. The van der Waals surface area contributed by atoms with E-state index < -0.39 is 21.9 Å². The highest BCUT2D eigenvalue weighted by atomic mass is 32.2. The van der Waals surface area contributed by atoms with Crippen LogP contribution in [-0.2, 0) is 14.8 Å². The first kappa shape index (κ1) is 24.3. The fourth-order valence-corrected chi connectivity index (χ4v) is 5.80. The Bertz CT molecular complexity index is 1250. The Kier molecular flexibility index (Phi) is 7.72. The first-order valence-corrected chi connectivity index (χ1v) is 12.5. The fraction of sp³-hybridized carbons (Fsp3) is 0.217. The largest absolute Gasteiger partial charge is 0.494 e. The number of ether oxygens (including phenoxy) is 2. The van der Waals surface area contributed by atoms with Crippen LogP contribution in [0.2, 0.25) is 0 Å². The third-order valence-electron chi connectivity index (χ3n) is 4.44. The second-order valence-electron chi connectivity index (χ2n) is 6.90. The number of nitrogens with one attached hydrogen (secondary N) is 2. The summed E-state index contributed by atoms with van der Waals surface area (Å²) in [6, 6.07) is 12.7. The lowest BCUT2D eigenvalue weighted by Gasteiger charge is -2.12. The second-order valence-corrected chi connectivity index (χ2v) is 9.39. The van der Waals surface area contributed by atoms with Gasteiger partial charge in [0.1, 0.15) is 15.5 Å². The summed E-state index contributed by atoms with van der Waals surface area (Å²) in [4.78, 5) is 24.8. The van der Waals surface area contributed by atoms with Gasteiger partial charge in [0.15, 0.2) is 0 Å². The summed E-state index contributed by atoms with van der Waals surface area (Å²) in [6.07, 6.45) is 0. The van der Waals surface area contributed by atoms with Crippen molar-refractivity contribution in [2.75, 3.05) is 23.3 Å². The van der Waals surface area contributed by atoms with E-state index in [1.54, 1.807) is 61.7 Å². The van der Waals surface area contributed by atoms with Gasteiger partial charge in [0.05, 0.1) is 18.8 Å². The van der Waals surface area contributed by atoms with Gasteiger partial charge in [-0.1, -0.05) is 6.07 Å². The van der Waals surface area contributed by atoms with Gasteiger partial charge in [0, 0.05) is 11.4 Å². The van der Waals surface area contributed by atoms with E-state index in [2.05, 4.69) is 10.0 Å². The van der Waals surface area contributed by atoms with Crippen LogP contribution in [-0.4, -0.2) is 33.5 Å². The zero-order valence-electron chi connectivity index (χ0n) is 18.4. The molecule has 3 rings (SSSR count). The molecule has 1 heterocycles. The molecule has 1 amide bonds. The van der Waals surface area contributed by atoms with Crippen molar-refractivity contribution in [2.24, 2.45) is 0 Å². The first-order valence-electron chi connectivity index (χ1n) is 10.2. The minimum atomic E-state index is -4.04. The molecule has 8 nitrogen and oxygen atoms in total. The highest BCUT2D eigenvalue weighted by molar-refractivity contribution is 7.93. The van der Waals surface area contributed by atoms with E-state index in [4.69, 9.17) is 9.47 Å². The Hall–Kier alpha value is -3.37. The molecule has 3 aromatic rings. The Morgan fingerprint density at radius 2 is 1.73 bits per heavy atom. The Labute approximate surface area is 196 Å². The number of hydrogen-bond acceptors (Lipinski definition) is 7. The standard InChI is InChI=1S/C23H24N2O6S2/c1-4-30-19-11-9-17(10-12-19)25-33(28,29)21-15(3)14-32-20(21)22(26)24-18-8-6-7-16(13-18)23(27)31-5-2/h6-14,25H,4-5H2,1-3H3,(H,24,26). The minimum absolute atomic E-state index is 0.0347. The predicted molar refractivity (Wildman–Crippen MR) is 128 cm³/mol. The van der Waals surface area contributed by atoms with Gasteiger partial charge in [0.25, 0.3) is 15.9 Å². The molecule has 0 radical (unpaired) electrons. The van der Waals surface area contributed by atoms with E-state index in [-0.39, 0.29) is 21.9 Å². The number of thiophene rings is 1. The fourth-order valence-electron chi connectivity index (χ4n) is 3.04. The average Bonchev–Trinajstić information content (AvgIpc) is 3.18. The smallest absolute Gasteiger partial charge is 0.338 e. The first-order chi connectivity index (χ1) is 15.7. The summed E-state index contributed by atoms with van der Waals surface area (Å²) in [5.74, 6) is -0.484. The van der Waals surface area contributed by atoms with Crippen LogP contribution < -0.4 is 14.8 Å². The van der Waals surface area contributed by atoms with Crippen molar-refractivity contribution in [1.29, 1.82) is 0 Å². The quantitative estimate of drug-likeness (QED) is 0.423. The van der Waals surface area contributed by atoms with E-state index >= 15 is 0 Å². The zero-order valence-corrected chi connectivity index (χ0v) is 20.0. The summed E-state index contributed by atoms with van der Waals surface area (Å²) in [5, 5.41) is 4.27. The van der Waals surface area contributed by atoms with Gasteiger partial charge in [-0.05, 0) is 74.2 Å². The molecule has 33 heavy (non-hydrogen) atoms. The van der Waals surface area contributed by atoms with E-state index in [9.17, 15) is 18.0 Å². The molecule has 2 N–H and O–H groups in total. The number of amides is 1. The number of esters is 1. The van der Waals surface area contributed by atoms with Gasteiger partial charge in [-0.2, -0.15) is 0 Å². The number of rotatable bonds is 9. The Balaban J connectivity index is 1.83. The third-order valence-corrected chi connectivity index (χ3v) is 7.24. The van der Waals surface area contributed by atoms with Crippen molar-refractivity contribution in [1.82, 2.24) is 0 Å². The van der Waals surface area contributed by atoms with E-state index in [0.29, 0.717) is 29.3 Å². The maximum Gasteiger partial charge on any atom is 0.338 e. The second kappa shape index (κ2) is 10.5. The van der Waals surface area contributed by atoms with Crippen molar-refractivity contribution < 1.29 is 27.5 Å². The van der Waals surface area contributed by atoms with Crippen LogP contribution in [0.5, 0.6) is 5.75 Å². The van der Waals surface area contributed by atoms with Gasteiger partial charge in [0.2, 0.25) is 0 Å². The van der Waals surface area contributed by atoms with Crippen LogP contribution >= 0.6 is 11.3 Å². The van der Waals surface area contributed by atoms with Gasteiger partial charge in [-0.15, -0.1) is 11.3 Å². The molecule has 2 aromatic carbocycles.